The van der Waals surface area contributed by atoms with Crippen LogP contribution in [0.3, 0.4) is 0 Å². The van der Waals surface area contributed by atoms with Gasteiger partial charge in [0.1, 0.15) is 0 Å². The van der Waals surface area contributed by atoms with Crippen molar-refractivity contribution in [3.05, 3.63) is 50.3 Å². The maximum absolute atomic E-state index is 11.9. The predicted molar refractivity (Wildman–Crippen MR) is 65.3 cm³/mol. The fourth-order valence-corrected chi connectivity index (χ4v) is 1.88. The van der Waals surface area contributed by atoms with Crippen LogP contribution in [0.2, 0.25) is 0 Å². The topological polar surface area (TPSA) is 76.0 Å². The van der Waals surface area contributed by atoms with Gasteiger partial charge in [-0.1, -0.05) is 26.0 Å². The molecule has 0 unspecified atom stereocenters. The standard InChI is InChI=1S/C12H12N2O3/c1-7(2)8-4-3-5-9-11(8)13-6-10(12(9)15)14(16)17/h3-7H,1-2H3,(H,13,15). The molecule has 0 aliphatic carbocycles. The molecule has 0 saturated carbocycles. The van der Waals surface area contributed by atoms with Gasteiger partial charge < -0.3 is 4.98 Å². The molecule has 88 valence electrons. The molecule has 0 bridgehead atoms. The molecule has 0 aliphatic heterocycles. The zero-order chi connectivity index (χ0) is 12.6. The number of aromatic nitrogens is 1. The van der Waals surface area contributed by atoms with Crippen LogP contribution in [0.15, 0.2) is 29.2 Å². The van der Waals surface area contributed by atoms with E-state index in [-0.39, 0.29) is 5.92 Å². The molecule has 0 fully saturated rings. The van der Waals surface area contributed by atoms with Crippen LogP contribution < -0.4 is 5.43 Å². The second-order valence-electron chi connectivity index (χ2n) is 4.18. The smallest absolute Gasteiger partial charge is 0.332 e. The molecule has 0 amide bonds. The number of para-hydroxylation sites is 1. The number of H-pyrrole nitrogens is 1. The van der Waals surface area contributed by atoms with Gasteiger partial charge in [-0.2, -0.15) is 0 Å². The Labute approximate surface area is 97.2 Å². The predicted octanol–water partition coefficient (Wildman–Crippen LogP) is 2.56. The van der Waals surface area contributed by atoms with Crippen molar-refractivity contribution in [2.75, 3.05) is 0 Å². The molecule has 2 rings (SSSR count). The zero-order valence-electron chi connectivity index (χ0n) is 9.56. The SMILES string of the molecule is CC(C)c1cccc2c(=O)c([N+](=O)[O-])c[nH]c12. The van der Waals surface area contributed by atoms with Crippen LogP contribution in [0.1, 0.15) is 25.3 Å². The van der Waals surface area contributed by atoms with Crippen molar-refractivity contribution in [2.24, 2.45) is 0 Å². The number of nitrogens with zero attached hydrogens (tertiary/aromatic N) is 1. The minimum absolute atomic E-state index is 0.246. The first-order valence-corrected chi connectivity index (χ1v) is 5.31. The first-order chi connectivity index (χ1) is 8.02. The first-order valence-electron chi connectivity index (χ1n) is 5.31. The molecule has 5 nitrogen and oxygen atoms in total. The summed E-state index contributed by atoms with van der Waals surface area (Å²) in [6.45, 7) is 4.02. The van der Waals surface area contributed by atoms with E-state index in [0.29, 0.717) is 10.9 Å². The fourth-order valence-electron chi connectivity index (χ4n) is 1.88. The van der Waals surface area contributed by atoms with Crippen LogP contribution in [0.4, 0.5) is 5.69 Å². The third-order valence-electron chi connectivity index (χ3n) is 2.75. The number of rotatable bonds is 2. The summed E-state index contributed by atoms with van der Waals surface area (Å²) >= 11 is 0. The Morgan fingerprint density at radius 1 is 1.35 bits per heavy atom. The van der Waals surface area contributed by atoms with E-state index >= 15 is 0 Å². The fraction of sp³-hybridized carbons (Fsp3) is 0.250. The van der Waals surface area contributed by atoms with Crippen molar-refractivity contribution in [3.8, 4) is 0 Å². The maximum atomic E-state index is 11.9. The highest BCUT2D eigenvalue weighted by Crippen LogP contribution is 2.22. The van der Waals surface area contributed by atoms with Crippen LogP contribution in [-0.2, 0) is 0 Å². The van der Waals surface area contributed by atoms with Crippen molar-refractivity contribution >= 4 is 16.6 Å². The Balaban J connectivity index is 2.86. The average molecular weight is 232 g/mol. The molecule has 0 spiro atoms. The third kappa shape index (κ3) is 1.80. The molecule has 0 saturated heterocycles. The molecule has 0 aliphatic rings. The monoisotopic (exact) mass is 232 g/mol. The molecule has 2 aromatic rings. The van der Waals surface area contributed by atoms with E-state index in [9.17, 15) is 14.9 Å². The summed E-state index contributed by atoms with van der Waals surface area (Å²) in [5, 5.41) is 11.0. The zero-order valence-corrected chi connectivity index (χ0v) is 9.56. The lowest BCUT2D eigenvalue weighted by Gasteiger charge is -2.08. The van der Waals surface area contributed by atoms with Crippen molar-refractivity contribution in [3.63, 3.8) is 0 Å². The largest absolute Gasteiger partial charge is 0.355 e. The Bertz CT molecular complexity index is 644. The second kappa shape index (κ2) is 4.01. The molecule has 17 heavy (non-hydrogen) atoms. The van der Waals surface area contributed by atoms with Gasteiger partial charge in [0, 0.05) is 0 Å². The molecule has 1 aromatic carbocycles. The van der Waals surface area contributed by atoms with Gasteiger partial charge >= 0.3 is 5.69 Å². The summed E-state index contributed by atoms with van der Waals surface area (Å²) in [7, 11) is 0. The minimum Gasteiger partial charge on any atom is -0.355 e. The lowest BCUT2D eigenvalue weighted by Crippen LogP contribution is -2.10. The number of hydrogen-bond acceptors (Lipinski definition) is 3. The Morgan fingerprint density at radius 3 is 2.65 bits per heavy atom. The highest BCUT2D eigenvalue weighted by Gasteiger charge is 2.16. The lowest BCUT2D eigenvalue weighted by atomic mass is 9.99. The highest BCUT2D eigenvalue weighted by molar-refractivity contribution is 5.83. The van der Waals surface area contributed by atoms with Crippen molar-refractivity contribution in [1.29, 1.82) is 0 Å². The second-order valence-corrected chi connectivity index (χ2v) is 4.18. The van der Waals surface area contributed by atoms with Gasteiger partial charge in [-0.3, -0.25) is 14.9 Å². The van der Waals surface area contributed by atoms with E-state index in [0.717, 1.165) is 11.8 Å². The lowest BCUT2D eigenvalue weighted by molar-refractivity contribution is -0.386. The maximum Gasteiger partial charge on any atom is 0.332 e. The van der Waals surface area contributed by atoms with Crippen LogP contribution in [0.25, 0.3) is 10.9 Å². The van der Waals surface area contributed by atoms with Gasteiger partial charge in [0.2, 0.25) is 0 Å². The van der Waals surface area contributed by atoms with E-state index in [1.54, 1.807) is 12.1 Å². The molecule has 1 heterocycles. The Hall–Kier alpha value is -2.17. The van der Waals surface area contributed by atoms with E-state index in [1.807, 2.05) is 19.9 Å². The number of nitro groups is 1. The van der Waals surface area contributed by atoms with Crippen LogP contribution >= 0.6 is 0 Å². The van der Waals surface area contributed by atoms with E-state index in [4.69, 9.17) is 0 Å². The normalized spacial score (nSPS) is 11.0. The number of benzene rings is 1. The van der Waals surface area contributed by atoms with Crippen molar-refractivity contribution in [2.45, 2.75) is 19.8 Å². The van der Waals surface area contributed by atoms with Crippen molar-refractivity contribution < 1.29 is 4.92 Å². The van der Waals surface area contributed by atoms with Crippen molar-refractivity contribution in [1.82, 2.24) is 4.98 Å². The quantitative estimate of drug-likeness (QED) is 0.638. The van der Waals surface area contributed by atoms with Gasteiger partial charge in [-0.25, -0.2) is 0 Å². The molecule has 1 aromatic heterocycles. The summed E-state index contributed by atoms with van der Waals surface area (Å²) in [5.41, 5.74) is 0.706. The van der Waals surface area contributed by atoms with Crippen LogP contribution in [0, 0.1) is 10.1 Å². The molecule has 0 atom stereocenters. The van der Waals surface area contributed by atoms with Gasteiger partial charge in [0.05, 0.1) is 22.0 Å². The molecular weight excluding hydrogens is 220 g/mol. The van der Waals surface area contributed by atoms with E-state index in [2.05, 4.69) is 4.98 Å². The average Bonchev–Trinajstić information content (AvgIpc) is 2.28. The molecule has 5 heteroatoms. The summed E-state index contributed by atoms with van der Waals surface area (Å²) in [6.07, 6.45) is 1.16. The summed E-state index contributed by atoms with van der Waals surface area (Å²) in [6, 6.07) is 5.26. The third-order valence-corrected chi connectivity index (χ3v) is 2.75. The Morgan fingerprint density at radius 2 is 2.06 bits per heavy atom. The minimum atomic E-state index is -0.666. The molecule has 1 N–H and O–H groups in total. The first kappa shape index (κ1) is 11.3. The number of pyridine rings is 1. The van der Waals surface area contributed by atoms with Gasteiger partial charge in [-0.05, 0) is 17.5 Å². The van der Waals surface area contributed by atoms with Crippen LogP contribution in [-0.4, -0.2) is 9.91 Å². The number of nitrogens with one attached hydrogen (secondary N) is 1. The Kier molecular flexibility index (Phi) is 2.67. The number of hydrogen-bond donors (Lipinski definition) is 1. The van der Waals surface area contributed by atoms with Gasteiger partial charge in [0.15, 0.2) is 0 Å². The summed E-state index contributed by atoms with van der Waals surface area (Å²) < 4.78 is 0. The number of aromatic amines is 1. The van der Waals surface area contributed by atoms with E-state index < -0.39 is 16.0 Å². The molecular formula is C12H12N2O3. The highest BCUT2D eigenvalue weighted by atomic mass is 16.6. The molecule has 0 radical (unpaired) electrons. The van der Waals surface area contributed by atoms with Crippen LogP contribution in [0.5, 0.6) is 0 Å². The van der Waals surface area contributed by atoms with E-state index in [1.165, 1.54) is 0 Å². The van der Waals surface area contributed by atoms with Gasteiger partial charge in [-0.15, -0.1) is 0 Å². The summed E-state index contributed by atoms with van der Waals surface area (Å²) in [4.78, 5) is 24.7. The summed E-state index contributed by atoms with van der Waals surface area (Å²) in [5.74, 6) is 0.246. The van der Waals surface area contributed by atoms with Gasteiger partial charge in [0.25, 0.3) is 5.43 Å². The number of fused-ring (bicyclic) bond motifs is 1.